The van der Waals surface area contributed by atoms with Crippen LogP contribution in [0.3, 0.4) is 0 Å². The average molecular weight is 487 g/mol. The van der Waals surface area contributed by atoms with Gasteiger partial charge in [0.1, 0.15) is 17.2 Å². The molecule has 0 saturated heterocycles. The fourth-order valence-electron chi connectivity index (χ4n) is 3.71. The number of sulfonamides is 1. The van der Waals surface area contributed by atoms with Gasteiger partial charge in [0.05, 0.1) is 18.4 Å². The molecular formula is C21H26N8O4S. The predicted octanol–water partition coefficient (Wildman–Crippen LogP) is 1.03. The third-order valence-corrected chi connectivity index (χ3v) is 7.57. The van der Waals surface area contributed by atoms with Gasteiger partial charge in [-0.1, -0.05) is 13.0 Å². The van der Waals surface area contributed by atoms with E-state index in [4.69, 9.17) is 0 Å². The first-order chi connectivity index (χ1) is 16.3. The Morgan fingerprint density at radius 2 is 2.12 bits per heavy atom. The maximum atomic E-state index is 12.9. The molecule has 13 heteroatoms. The third-order valence-electron chi connectivity index (χ3n) is 5.54. The van der Waals surface area contributed by atoms with Crippen molar-refractivity contribution in [2.24, 2.45) is 0 Å². The molecule has 1 amide bonds. The van der Waals surface area contributed by atoms with Gasteiger partial charge in [-0.25, -0.2) is 18.1 Å². The number of nitrogens with one attached hydrogen (secondary N) is 1. The van der Waals surface area contributed by atoms with E-state index in [1.54, 1.807) is 37.4 Å². The van der Waals surface area contributed by atoms with Crippen molar-refractivity contribution in [1.82, 2.24) is 34.5 Å². The second-order valence-corrected chi connectivity index (χ2v) is 10.2. The monoisotopic (exact) mass is 486 g/mol. The average Bonchev–Trinajstić information content (AvgIpc) is 3.33. The fourth-order valence-corrected chi connectivity index (χ4v) is 5.19. The van der Waals surface area contributed by atoms with Gasteiger partial charge in [0.2, 0.25) is 15.8 Å². The summed E-state index contributed by atoms with van der Waals surface area (Å²) in [7, 11) is -3.33. The highest BCUT2D eigenvalue weighted by Gasteiger charge is 2.27. The molecule has 0 spiro atoms. The van der Waals surface area contributed by atoms with Gasteiger partial charge in [0.15, 0.2) is 0 Å². The molecule has 0 saturated carbocycles. The van der Waals surface area contributed by atoms with E-state index in [1.807, 2.05) is 6.92 Å². The quantitative estimate of drug-likeness (QED) is 0.475. The lowest BCUT2D eigenvalue weighted by Gasteiger charge is -2.28. The number of fused-ring (bicyclic) bond motifs is 1. The van der Waals surface area contributed by atoms with Gasteiger partial charge in [-0.2, -0.15) is 4.31 Å². The summed E-state index contributed by atoms with van der Waals surface area (Å²) in [6.07, 6.45) is 2.73. The minimum Gasteiger partial charge on any atom is -0.394 e. The Balaban J connectivity index is 1.53. The van der Waals surface area contributed by atoms with Crippen LogP contribution in [0.25, 0.3) is 11.5 Å². The van der Waals surface area contributed by atoms with Crippen molar-refractivity contribution in [2.45, 2.75) is 39.3 Å². The molecule has 12 nitrogen and oxygen atoms in total. The molecule has 34 heavy (non-hydrogen) atoms. The Hall–Kier alpha value is -3.29. The molecule has 3 aromatic rings. The molecule has 0 fully saturated rings. The van der Waals surface area contributed by atoms with Gasteiger partial charge in [-0.05, 0) is 59.5 Å². The number of aromatic nitrogens is 6. The second-order valence-electron chi connectivity index (χ2n) is 8.08. The van der Waals surface area contributed by atoms with Crippen molar-refractivity contribution < 1.29 is 18.3 Å². The van der Waals surface area contributed by atoms with Crippen molar-refractivity contribution in [3.05, 3.63) is 47.3 Å². The minimum atomic E-state index is -3.33. The third kappa shape index (κ3) is 4.95. The first-order valence-corrected chi connectivity index (χ1v) is 12.6. The zero-order valence-electron chi connectivity index (χ0n) is 18.9. The summed E-state index contributed by atoms with van der Waals surface area (Å²) in [6.45, 7) is 4.09. The lowest BCUT2D eigenvalue weighted by Crippen LogP contribution is -2.37. The first kappa shape index (κ1) is 23.9. The molecular weight excluding hydrogens is 460 g/mol. The Morgan fingerprint density at radius 3 is 2.88 bits per heavy atom. The van der Waals surface area contributed by atoms with Crippen molar-refractivity contribution in [3.63, 3.8) is 0 Å². The highest BCUT2D eigenvalue weighted by molar-refractivity contribution is 7.89. The first-order valence-electron chi connectivity index (χ1n) is 11.0. The molecule has 180 valence electrons. The summed E-state index contributed by atoms with van der Waals surface area (Å²) in [5.74, 6) is 0.269. The van der Waals surface area contributed by atoms with E-state index in [-0.39, 0.29) is 36.5 Å². The highest BCUT2D eigenvalue weighted by atomic mass is 32.2. The Morgan fingerprint density at radius 1 is 1.29 bits per heavy atom. The molecule has 3 aromatic heterocycles. The van der Waals surface area contributed by atoms with Crippen molar-refractivity contribution >= 4 is 21.7 Å². The van der Waals surface area contributed by atoms with Gasteiger partial charge >= 0.3 is 0 Å². The largest absolute Gasteiger partial charge is 0.394 e. The Labute approximate surface area is 197 Å². The number of anilines is 1. The van der Waals surface area contributed by atoms with Crippen molar-refractivity contribution in [1.29, 1.82) is 0 Å². The summed E-state index contributed by atoms with van der Waals surface area (Å²) in [4.78, 5) is 21.6. The maximum absolute atomic E-state index is 12.9. The minimum absolute atomic E-state index is 0.100. The van der Waals surface area contributed by atoms with Crippen LogP contribution in [-0.4, -0.2) is 72.8 Å². The van der Waals surface area contributed by atoms with Gasteiger partial charge in [0, 0.05) is 19.3 Å². The molecule has 0 unspecified atom stereocenters. The van der Waals surface area contributed by atoms with Crippen LogP contribution in [-0.2, 0) is 23.0 Å². The van der Waals surface area contributed by atoms with Crippen molar-refractivity contribution in [3.8, 4) is 11.5 Å². The maximum Gasteiger partial charge on any atom is 0.275 e. The molecule has 1 atom stereocenters. The number of pyridine rings is 2. The number of hydrogen-bond acceptors (Lipinski definition) is 9. The summed E-state index contributed by atoms with van der Waals surface area (Å²) in [6, 6.07) is 6.32. The van der Waals surface area contributed by atoms with E-state index in [0.29, 0.717) is 30.9 Å². The van der Waals surface area contributed by atoms with Crippen LogP contribution in [0.15, 0.2) is 30.5 Å². The van der Waals surface area contributed by atoms with E-state index in [1.165, 1.54) is 8.99 Å². The molecule has 4 heterocycles. The zero-order chi connectivity index (χ0) is 24.3. The second kappa shape index (κ2) is 9.91. The number of rotatable bonds is 8. The standard InChI is InChI=1S/C21H26N8O4S/c1-3-9-34(32,33)28-8-7-15-11-22-18(10-16(15)12-28)21(31)24-19-6-4-5-17(23-19)20-25-26-27-29(20)14(2)13-30/h4-6,10-11,14,30H,3,7-9,12-13H2,1-2H3,(H,23,24,31)/t14-/m1/s1. The number of tetrazole rings is 1. The van der Waals surface area contributed by atoms with E-state index in [2.05, 4.69) is 30.8 Å². The number of hydrogen-bond donors (Lipinski definition) is 2. The number of aliphatic hydroxyl groups is 1. The van der Waals surface area contributed by atoms with Crippen LogP contribution in [0.4, 0.5) is 5.82 Å². The molecule has 0 radical (unpaired) electrons. The summed E-state index contributed by atoms with van der Waals surface area (Å²) in [5.41, 5.74) is 2.30. The molecule has 2 N–H and O–H groups in total. The zero-order valence-corrected chi connectivity index (χ0v) is 19.7. The lowest BCUT2D eigenvalue weighted by atomic mass is 10.0. The van der Waals surface area contributed by atoms with Crippen LogP contribution in [0.1, 0.15) is 47.9 Å². The summed E-state index contributed by atoms with van der Waals surface area (Å²) in [5, 5.41) is 23.6. The molecule has 0 aromatic carbocycles. The van der Waals surface area contributed by atoms with E-state index in [9.17, 15) is 18.3 Å². The van der Waals surface area contributed by atoms with Gasteiger partial charge in [0.25, 0.3) is 5.91 Å². The molecule has 1 aliphatic rings. The Bertz CT molecular complexity index is 1290. The number of nitrogens with zero attached hydrogens (tertiary/aromatic N) is 7. The van der Waals surface area contributed by atoms with Crippen molar-refractivity contribution in [2.75, 3.05) is 24.2 Å². The number of amides is 1. The fraction of sp³-hybridized carbons (Fsp3) is 0.429. The van der Waals surface area contributed by atoms with Gasteiger partial charge in [-0.15, -0.1) is 5.10 Å². The summed E-state index contributed by atoms with van der Waals surface area (Å²) < 4.78 is 27.8. The Kier molecular flexibility index (Phi) is 6.95. The molecule has 1 aliphatic heterocycles. The highest BCUT2D eigenvalue weighted by Crippen LogP contribution is 2.23. The normalized spacial score (nSPS) is 15.0. The van der Waals surface area contributed by atoms with Crippen LogP contribution >= 0.6 is 0 Å². The number of carbonyl (C=O) groups excluding carboxylic acids is 1. The molecule has 4 rings (SSSR count). The molecule has 0 aliphatic carbocycles. The van der Waals surface area contributed by atoms with E-state index >= 15 is 0 Å². The van der Waals surface area contributed by atoms with Crippen LogP contribution in [0.5, 0.6) is 0 Å². The summed E-state index contributed by atoms with van der Waals surface area (Å²) >= 11 is 0. The van der Waals surface area contributed by atoms with Crippen LogP contribution in [0, 0.1) is 0 Å². The lowest BCUT2D eigenvalue weighted by molar-refractivity contribution is 0.102. The van der Waals surface area contributed by atoms with Gasteiger partial charge in [-0.3, -0.25) is 9.78 Å². The SMILES string of the molecule is CCCS(=O)(=O)N1CCc2cnc(C(=O)Nc3cccc(-c4nnnn4[C@H](C)CO)n3)cc2C1. The number of aliphatic hydroxyl groups excluding tert-OH is 1. The number of carbonyl (C=O) groups is 1. The molecule has 0 bridgehead atoms. The smallest absolute Gasteiger partial charge is 0.275 e. The van der Waals surface area contributed by atoms with E-state index < -0.39 is 15.9 Å². The topological polar surface area (TPSA) is 156 Å². The van der Waals surface area contributed by atoms with E-state index in [0.717, 1.165) is 11.1 Å². The van der Waals surface area contributed by atoms with Gasteiger partial charge < -0.3 is 10.4 Å². The predicted molar refractivity (Wildman–Crippen MR) is 123 cm³/mol. The van der Waals surface area contributed by atoms with Crippen LogP contribution in [0.2, 0.25) is 0 Å². The van der Waals surface area contributed by atoms with Crippen LogP contribution < -0.4 is 5.32 Å².